The molecule has 0 radical (unpaired) electrons. The zero-order chi connectivity index (χ0) is 13.5. The fraction of sp³-hybridized carbons (Fsp3) is 0.200. The average Bonchev–Trinajstić information content (AvgIpc) is 2.89. The first kappa shape index (κ1) is 12.1. The van der Waals surface area contributed by atoms with Crippen LogP contribution in [0.4, 0.5) is 0 Å². The van der Waals surface area contributed by atoms with Crippen molar-refractivity contribution in [1.82, 2.24) is 20.3 Å². The highest BCUT2D eigenvalue weighted by Crippen LogP contribution is 2.28. The lowest BCUT2D eigenvalue weighted by Gasteiger charge is -2.19. The summed E-state index contributed by atoms with van der Waals surface area (Å²) in [6, 6.07) is 8.42. The molecule has 0 saturated carbocycles. The van der Waals surface area contributed by atoms with Crippen molar-refractivity contribution in [3.8, 4) is 11.4 Å². The van der Waals surface area contributed by atoms with Crippen LogP contribution < -0.4 is 5.32 Å². The average molecular weight is 329 g/mol. The molecule has 0 atom stereocenters. The minimum Gasteiger partial charge on any atom is -0.337 e. The first-order valence-electron chi connectivity index (χ1n) is 6.64. The molecule has 0 aliphatic carbocycles. The Morgan fingerprint density at radius 1 is 1.25 bits per heavy atom. The van der Waals surface area contributed by atoms with E-state index in [2.05, 4.69) is 54.4 Å². The zero-order valence-corrected chi connectivity index (χ0v) is 12.4. The van der Waals surface area contributed by atoms with E-state index in [4.69, 9.17) is 0 Å². The second-order valence-electron chi connectivity index (χ2n) is 4.98. The summed E-state index contributed by atoms with van der Waals surface area (Å²) >= 11 is 3.44. The zero-order valence-electron chi connectivity index (χ0n) is 10.8. The number of hydrogen-bond acceptors (Lipinski definition) is 3. The molecule has 0 unspecified atom stereocenters. The second kappa shape index (κ2) is 4.68. The van der Waals surface area contributed by atoms with Crippen molar-refractivity contribution in [1.29, 1.82) is 0 Å². The van der Waals surface area contributed by atoms with Crippen LogP contribution in [0.25, 0.3) is 22.6 Å². The summed E-state index contributed by atoms with van der Waals surface area (Å²) in [5.74, 6) is 0.907. The Balaban J connectivity index is 1.90. The van der Waals surface area contributed by atoms with Crippen LogP contribution in [0.5, 0.6) is 0 Å². The maximum atomic E-state index is 4.62. The number of pyridine rings is 1. The first-order chi connectivity index (χ1) is 9.81. The molecule has 0 bridgehead atoms. The summed E-state index contributed by atoms with van der Waals surface area (Å²) in [5, 5.41) is 3.40. The van der Waals surface area contributed by atoms with Gasteiger partial charge in [-0.05, 0) is 46.1 Å². The molecule has 5 heteroatoms. The van der Waals surface area contributed by atoms with Gasteiger partial charge in [-0.1, -0.05) is 18.2 Å². The molecule has 4 nitrogen and oxygen atoms in total. The van der Waals surface area contributed by atoms with E-state index in [0.717, 1.165) is 41.0 Å². The third-order valence-corrected chi connectivity index (χ3v) is 4.13. The van der Waals surface area contributed by atoms with Crippen molar-refractivity contribution in [2.24, 2.45) is 0 Å². The lowest BCUT2D eigenvalue weighted by atomic mass is 9.95. The summed E-state index contributed by atoms with van der Waals surface area (Å²) in [7, 11) is 0. The number of imidazole rings is 1. The number of halogens is 1. The molecule has 0 amide bonds. The fourth-order valence-corrected chi connectivity index (χ4v) is 3.09. The molecular weight excluding hydrogens is 316 g/mol. The van der Waals surface area contributed by atoms with Crippen LogP contribution in [0, 0.1) is 0 Å². The normalized spacial score (nSPS) is 14.4. The largest absolute Gasteiger partial charge is 0.337 e. The quantitative estimate of drug-likeness (QED) is 0.722. The smallest absolute Gasteiger partial charge is 0.178 e. The van der Waals surface area contributed by atoms with Gasteiger partial charge in [-0.3, -0.25) is 0 Å². The predicted octanol–water partition coefficient (Wildman–Crippen LogP) is 3.03. The Morgan fingerprint density at radius 2 is 2.20 bits per heavy atom. The topological polar surface area (TPSA) is 53.6 Å². The molecular formula is C15H13BrN4. The van der Waals surface area contributed by atoms with Crippen molar-refractivity contribution in [2.45, 2.75) is 13.0 Å². The third kappa shape index (κ3) is 1.94. The monoisotopic (exact) mass is 328 g/mol. The highest BCUT2D eigenvalue weighted by atomic mass is 79.9. The number of nitrogens with zero attached hydrogens (tertiary/aromatic N) is 2. The summed E-state index contributed by atoms with van der Waals surface area (Å²) in [4.78, 5) is 12.3. The third-order valence-electron chi connectivity index (χ3n) is 3.70. The number of rotatable bonds is 1. The van der Waals surface area contributed by atoms with Gasteiger partial charge in [0, 0.05) is 22.8 Å². The van der Waals surface area contributed by atoms with E-state index in [-0.39, 0.29) is 0 Å². The van der Waals surface area contributed by atoms with Crippen molar-refractivity contribution >= 4 is 27.1 Å². The van der Waals surface area contributed by atoms with Crippen molar-refractivity contribution < 1.29 is 0 Å². The predicted molar refractivity (Wildman–Crippen MR) is 82.4 cm³/mol. The van der Waals surface area contributed by atoms with Crippen molar-refractivity contribution in [3.63, 3.8) is 0 Å². The molecule has 2 aromatic heterocycles. The fourth-order valence-electron chi connectivity index (χ4n) is 2.76. The minimum atomic E-state index is 0.759. The van der Waals surface area contributed by atoms with E-state index in [1.165, 1.54) is 16.7 Å². The van der Waals surface area contributed by atoms with Crippen LogP contribution in [-0.2, 0) is 13.0 Å². The lowest BCUT2D eigenvalue weighted by Crippen LogP contribution is -2.24. The number of fused-ring (bicyclic) bond motifs is 2. The van der Waals surface area contributed by atoms with E-state index in [1.807, 2.05) is 6.07 Å². The minimum absolute atomic E-state index is 0.759. The highest BCUT2D eigenvalue weighted by Gasteiger charge is 2.16. The number of H-pyrrole nitrogens is 1. The Kier molecular flexibility index (Phi) is 2.82. The molecule has 0 spiro atoms. The van der Waals surface area contributed by atoms with Gasteiger partial charge in [-0.25, -0.2) is 9.97 Å². The van der Waals surface area contributed by atoms with Gasteiger partial charge in [0.2, 0.25) is 0 Å². The summed E-state index contributed by atoms with van der Waals surface area (Å²) in [6.07, 6.45) is 2.82. The standard InChI is InChI=1S/C15H13BrN4/c16-10-6-13-15(18-8-10)20-14(19-13)12-3-1-2-9-7-17-5-4-11(9)12/h1-3,6,8,17H,4-5,7H2,(H,18,19,20). The molecule has 4 rings (SSSR count). The highest BCUT2D eigenvalue weighted by molar-refractivity contribution is 9.10. The SMILES string of the molecule is Brc1cnc2nc(-c3cccc4c3CCNC4)[nH]c2c1. The van der Waals surface area contributed by atoms with Gasteiger partial charge >= 0.3 is 0 Å². The van der Waals surface area contributed by atoms with Gasteiger partial charge in [0.05, 0.1) is 5.52 Å². The Bertz CT molecular complexity index is 794. The summed E-state index contributed by atoms with van der Waals surface area (Å²) in [6.45, 7) is 1.96. The number of benzene rings is 1. The number of nitrogens with one attached hydrogen (secondary N) is 2. The van der Waals surface area contributed by atoms with E-state index in [0.29, 0.717) is 0 Å². The number of hydrogen-bond donors (Lipinski definition) is 2. The molecule has 1 aliphatic heterocycles. The Hall–Kier alpha value is -1.72. The number of aromatic nitrogens is 3. The molecule has 2 N–H and O–H groups in total. The van der Waals surface area contributed by atoms with Crippen LogP contribution in [0.15, 0.2) is 34.9 Å². The van der Waals surface area contributed by atoms with Gasteiger partial charge in [0.25, 0.3) is 0 Å². The van der Waals surface area contributed by atoms with Gasteiger partial charge in [0.15, 0.2) is 5.65 Å². The number of aromatic amines is 1. The van der Waals surface area contributed by atoms with Crippen LogP contribution >= 0.6 is 15.9 Å². The van der Waals surface area contributed by atoms with Crippen molar-refractivity contribution in [3.05, 3.63) is 46.1 Å². The molecule has 0 fully saturated rings. The van der Waals surface area contributed by atoms with E-state index < -0.39 is 0 Å². The maximum absolute atomic E-state index is 4.62. The molecule has 3 aromatic rings. The first-order valence-corrected chi connectivity index (χ1v) is 7.44. The van der Waals surface area contributed by atoms with E-state index in [1.54, 1.807) is 6.20 Å². The molecule has 1 aromatic carbocycles. The lowest BCUT2D eigenvalue weighted by molar-refractivity contribution is 0.644. The van der Waals surface area contributed by atoms with Gasteiger partial charge in [-0.2, -0.15) is 0 Å². The molecule has 3 heterocycles. The van der Waals surface area contributed by atoms with Gasteiger partial charge < -0.3 is 10.3 Å². The Morgan fingerprint density at radius 3 is 3.15 bits per heavy atom. The van der Waals surface area contributed by atoms with E-state index in [9.17, 15) is 0 Å². The van der Waals surface area contributed by atoms with Crippen LogP contribution in [-0.4, -0.2) is 21.5 Å². The summed E-state index contributed by atoms with van der Waals surface area (Å²) < 4.78 is 0.958. The molecule has 20 heavy (non-hydrogen) atoms. The molecule has 100 valence electrons. The van der Waals surface area contributed by atoms with E-state index >= 15 is 0 Å². The van der Waals surface area contributed by atoms with Crippen LogP contribution in [0.2, 0.25) is 0 Å². The van der Waals surface area contributed by atoms with Gasteiger partial charge in [0.1, 0.15) is 5.82 Å². The Labute approximate surface area is 124 Å². The van der Waals surface area contributed by atoms with Crippen LogP contribution in [0.3, 0.4) is 0 Å². The molecule has 0 saturated heterocycles. The second-order valence-corrected chi connectivity index (χ2v) is 5.90. The maximum Gasteiger partial charge on any atom is 0.178 e. The molecule has 1 aliphatic rings. The van der Waals surface area contributed by atoms with Gasteiger partial charge in [-0.15, -0.1) is 0 Å². The van der Waals surface area contributed by atoms with Crippen LogP contribution in [0.1, 0.15) is 11.1 Å². The van der Waals surface area contributed by atoms with Crippen molar-refractivity contribution in [2.75, 3.05) is 6.54 Å². The summed E-state index contributed by atoms with van der Waals surface area (Å²) in [5.41, 5.74) is 5.67.